The van der Waals surface area contributed by atoms with Crippen LogP contribution in [0.4, 0.5) is 5.13 Å². The number of benzene rings is 1. The molecule has 2 rings (SSSR count). The molecule has 0 unspecified atom stereocenters. The number of aromatic nitrogens is 1. The monoisotopic (exact) mass is 307 g/mol. The number of carboxylic acids is 1. The summed E-state index contributed by atoms with van der Waals surface area (Å²) in [4.78, 5) is 14.6. The molecule has 112 valence electrons. The Morgan fingerprint density at radius 3 is 2.71 bits per heavy atom. The lowest BCUT2D eigenvalue weighted by Crippen LogP contribution is -2.24. The van der Waals surface area contributed by atoms with Gasteiger partial charge in [-0.05, 0) is 24.3 Å². The van der Waals surface area contributed by atoms with Gasteiger partial charge in [0.15, 0.2) is 5.13 Å². The summed E-state index contributed by atoms with van der Waals surface area (Å²) in [5.41, 5.74) is 0.499. The predicted octanol–water partition coefficient (Wildman–Crippen LogP) is 0.935. The number of methoxy groups -OCH3 is 1. The lowest BCUT2D eigenvalue weighted by Gasteiger charge is -2.07. The van der Waals surface area contributed by atoms with E-state index >= 15 is 0 Å². The summed E-state index contributed by atoms with van der Waals surface area (Å²) in [5, 5.41) is 15.9. The molecule has 6 nitrogen and oxygen atoms in total. The zero-order valence-electron chi connectivity index (χ0n) is 11.5. The molecule has 0 amide bonds. The molecular formula is C14H15N2O4S-. The number of anilines is 1. The molecule has 0 fully saturated rings. The Labute approximate surface area is 126 Å². The van der Waals surface area contributed by atoms with Gasteiger partial charge in [0.05, 0.1) is 19.3 Å². The molecule has 7 heteroatoms. The highest BCUT2D eigenvalue weighted by Gasteiger charge is 2.02. The molecule has 0 aliphatic rings. The molecule has 2 aromatic rings. The topological polar surface area (TPSA) is 83.5 Å². The number of ether oxygens (including phenoxy) is 2. The van der Waals surface area contributed by atoms with Gasteiger partial charge in [0.2, 0.25) is 0 Å². The Morgan fingerprint density at radius 1 is 1.33 bits per heavy atom. The largest absolute Gasteiger partial charge is 0.550 e. The van der Waals surface area contributed by atoms with Crippen molar-refractivity contribution in [3.8, 4) is 11.5 Å². The van der Waals surface area contributed by atoms with Crippen molar-refractivity contribution in [3.63, 3.8) is 0 Å². The number of hydrogen-bond donors (Lipinski definition) is 1. The van der Waals surface area contributed by atoms with Gasteiger partial charge in [-0.2, -0.15) is 0 Å². The Bertz CT molecular complexity index is 583. The van der Waals surface area contributed by atoms with Crippen molar-refractivity contribution in [2.75, 3.05) is 25.6 Å². The van der Waals surface area contributed by atoms with Crippen molar-refractivity contribution in [1.29, 1.82) is 0 Å². The highest BCUT2D eigenvalue weighted by molar-refractivity contribution is 7.13. The fraction of sp³-hybridized carbons (Fsp3) is 0.286. The molecular weight excluding hydrogens is 292 g/mol. The van der Waals surface area contributed by atoms with Crippen LogP contribution in [0.25, 0.3) is 0 Å². The van der Waals surface area contributed by atoms with Crippen LogP contribution in [0.5, 0.6) is 11.5 Å². The van der Waals surface area contributed by atoms with Crippen LogP contribution in [0.3, 0.4) is 0 Å². The molecule has 0 saturated heterocycles. The fourth-order valence-corrected chi connectivity index (χ4v) is 2.36. The number of nitrogens with zero attached hydrogens (tertiary/aromatic N) is 1. The number of carbonyl (C=O) groups is 1. The van der Waals surface area contributed by atoms with E-state index in [4.69, 9.17) is 9.47 Å². The van der Waals surface area contributed by atoms with Gasteiger partial charge >= 0.3 is 0 Å². The average molecular weight is 307 g/mol. The molecule has 0 aliphatic carbocycles. The van der Waals surface area contributed by atoms with Crippen LogP contribution in [-0.4, -0.2) is 31.2 Å². The van der Waals surface area contributed by atoms with Crippen LogP contribution >= 0.6 is 11.3 Å². The average Bonchev–Trinajstić information content (AvgIpc) is 2.91. The first-order valence-corrected chi connectivity index (χ1v) is 7.20. The van der Waals surface area contributed by atoms with Crippen LogP contribution in [0.15, 0.2) is 29.6 Å². The van der Waals surface area contributed by atoms with Gasteiger partial charge in [0.25, 0.3) is 0 Å². The van der Waals surface area contributed by atoms with E-state index in [1.54, 1.807) is 12.5 Å². The minimum atomic E-state index is -1.13. The van der Waals surface area contributed by atoms with E-state index < -0.39 is 5.97 Å². The van der Waals surface area contributed by atoms with Gasteiger partial charge in [-0.15, -0.1) is 11.3 Å². The third-order valence-corrected chi connectivity index (χ3v) is 3.43. The number of nitrogens with one attached hydrogen (secondary N) is 1. The van der Waals surface area contributed by atoms with Crippen molar-refractivity contribution < 1.29 is 19.4 Å². The van der Waals surface area contributed by atoms with Crippen LogP contribution < -0.4 is 19.9 Å². The number of carboxylic acid groups (broad SMARTS) is 1. The summed E-state index contributed by atoms with van der Waals surface area (Å²) in [5.74, 6) is 0.410. The predicted molar refractivity (Wildman–Crippen MR) is 77.8 cm³/mol. The summed E-state index contributed by atoms with van der Waals surface area (Å²) in [7, 11) is 1.61. The maximum atomic E-state index is 10.4. The Balaban J connectivity index is 1.71. The Morgan fingerprint density at radius 2 is 2.05 bits per heavy atom. The van der Waals surface area contributed by atoms with E-state index in [1.807, 2.05) is 24.3 Å². The quantitative estimate of drug-likeness (QED) is 0.731. The van der Waals surface area contributed by atoms with Crippen LogP contribution in [0, 0.1) is 0 Å². The number of carbonyl (C=O) groups excluding carboxylic acids is 1. The minimum absolute atomic E-state index is 0.166. The normalized spacial score (nSPS) is 10.1. The number of aliphatic carboxylic acids is 1. The molecule has 1 heterocycles. The standard InChI is InChI=1S/C14H16N2O4S/c1-19-11-2-4-12(5-3-11)20-7-6-15-14-16-10(9-21-14)8-13(17)18/h2-5,9H,6-8H2,1H3,(H,15,16)(H,17,18)/p-1. The summed E-state index contributed by atoms with van der Waals surface area (Å²) in [6.45, 7) is 1.05. The van der Waals surface area contributed by atoms with Gasteiger partial charge in [-0.25, -0.2) is 4.98 Å². The maximum absolute atomic E-state index is 10.4. The minimum Gasteiger partial charge on any atom is -0.550 e. The number of thiazole rings is 1. The first kappa shape index (κ1) is 15.1. The molecule has 0 saturated carbocycles. The van der Waals surface area contributed by atoms with Crippen molar-refractivity contribution in [3.05, 3.63) is 35.3 Å². The van der Waals surface area contributed by atoms with Crippen molar-refractivity contribution in [2.24, 2.45) is 0 Å². The third kappa shape index (κ3) is 4.96. The van der Waals surface area contributed by atoms with Gasteiger partial charge in [-0.1, -0.05) is 0 Å². The van der Waals surface area contributed by atoms with Gasteiger partial charge < -0.3 is 24.7 Å². The molecule has 1 aromatic heterocycles. The molecule has 0 bridgehead atoms. The van der Waals surface area contributed by atoms with E-state index in [9.17, 15) is 9.90 Å². The molecule has 21 heavy (non-hydrogen) atoms. The molecule has 1 aromatic carbocycles. The molecule has 1 N–H and O–H groups in total. The van der Waals surface area contributed by atoms with E-state index in [0.29, 0.717) is 24.0 Å². The Hall–Kier alpha value is -2.28. The first-order chi connectivity index (χ1) is 10.2. The molecule has 0 atom stereocenters. The highest BCUT2D eigenvalue weighted by Crippen LogP contribution is 2.17. The lowest BCUT2D eigenvalue weighted by molar-refractivity contribution is -0.304. The second-order valence-electron chi connectivity index (χ2n) is 4.14. The second-order valence-corrected chi connectivity index (χ2v) is 5.00. The van der Waals surface area contributed by atoms with Crippen molar-refractivity contribution >= 4 is 22.4 Å². The highest BCUT2D eigenvalue weighted by atomic mass is 32.1. The number of rotatable bonds is 8. The zero-order chi connectivity index (χ0) is 15.1. The smallest absolute Gasteiger partial charge is 0.182 e. The third-order valence-electron chi connectivity index (χ3n) is 2.58. The fourth-order valence-electron chi connectivity index (χ4n) is 1.62. The van der Waals surface area contributed by atoms with Crippen LogP contribution in [-0.2, 0) is 11.2 Å². The maximum Gasteiger partial charge on any atom is 0.182 e. The summed E-state index contributed by atoms with van der Waals surface area (Å²) in [6.07, 6.45) is -0.166. The van der Waals surface area contributed by atoms with Crippen molar-refractivity contribution in [2.45, 2.75) is 6.42 Å². The molecule has 0 spiro atoms. The van der Waals surface area contributed by atoms with E-state index in [2.05, 4.69) is 10.3 Å². The number of hydrogen-bond acceptors (Lipinski definition) is 7. The van der Waals surface area contributed by atoms with Crippen LogP contribution in [0.1, 0.15) is 5.69 Å². The van der Waals surface area contributed by atoms with E-state index in [1.165, 1.54) is 11.3 Å². The van der Waals surface area contributed by atoms with Gasteiger partial charge in [0, 0.05) is 17.8 Å². The summed E-state index contributed by atoms with van der Waals surface area (Å²) in [6, 6.07) is 7.33. The molecule has 0 aliphatic heterocycles. The van der Waals surface area contributed by atoms with Gasteiger partial charge in [0.1, 0.15) is 18.1 Å². The lowest BCUT2D eigenvalue weighted by atomic mass is 10.3. The van der Waals surface area contributed by atoms with Crippen LogP contribution in [0.2, 0.25) is 0 Å². The SMILES string of the molecule is COc1ccc(OCCNc2nc(CC(=O)[O-])cs2)cc1. The summed E-state index contributed by atoms with van der Waals surface area (Å²) < 4.78 is 10.6. The molecule has 0 radical (unpaired) electrons. The zero-order valence-corrected chi connectivity index (χ0v) is 12.3. The summed E-state index contributed by atoms with van der Waals surface area (Å²) >= 11 is 1.36. The Kier molecular flexibility index (Phi) is 5.39. The van der Waals surface area contributed by atoms with E-state index in [0.717, 1.165) is 11.5 Å². The van der Waals surface area contributed by atoms with E-state index in [-0.39, 0.29) is 6.42 Å². The first-order valence-electron chi connectivity index (χ1n) is 6.32. The second kappa shape index (κ2) is 7.49. The van der Waals surface area contributed by atoms with Crippen molar-refractivity contribution in [1.82, 2.24) is 4.98 Å². The van der Waals surface area contributed by atoms with Gasteiger partial charge in [-0.3, -0.25) is 0 Å².